The zero-order valence-electron chi connectivity index (χ0n) is 12.9. The molecule has 0 aromatic carbocycles. The van der Waals surface area contributed by atoms with Crippen LogP contribution in [0.5, 0.6) is 0 Å². The summed E-state index contributed by atoms with van der Waals surface area (Å²) in [5.74, 6) is 1.01. The minimum absolute atomic E-state index is 0.409. The fourth-order valence-electron chi connectivity index (χ4n) is 2.65. The van der Waals surface area contributed by atoms with Crippen LogP contribution in [-0.4, -0.2) is 59.9 Å². The van der Waals surface area contributed by atoms with Crippen LogP contribution >= 0.6 is 27.3 Å². The molecule has 0 bridgehead atoms. The van der Waals surface area contributed by atoms with Crippen LogP contribution in [0.25, 0.3) is 0 Å². The zero-order valence-corrected chi connectivity index (χ0v) is 16.1. The molecule has 0 unspecified atom stereocenters. The first-order valence-electron chi connectivity index (χ1n) is 7.42. The van der Waals surface area contributed by atoms with Crippen molar-refractivity contribution in [1.29, 1.82) is 0 Å². The van der Waals surface area contributed by atoms with Crippen molar-refractivity contribution in [2.24, 2.45) is 0 Å². The average molecular weight is 419 g/mol. The number of hydrogen-bond donors (Lipinski definition) is 0. The van der Waals surface area contributed by atoms with Gasteiger partial charge in [-0.3, -0.25) is 4.90 Å². The number of hydrogen-bond acceptors (Lipinski definition) is 5. The number of thiophene rings is 1. The first-order chi connectivity index (χ1) is 11.0. The number of halogens is 1. The van der Waals surface area contributed by atoms with Crippen LogP contribution in [-0.2, 0) is 16.6 Å². The zero-order chi connectivity index (χ0) is 16.4. The topological polar surface area (TPSA) is 58.4 Å². The lowest BCUT2D eigenvalue weighted by Crippen LogP contribution is -2.49. The molecule has 2 aromatic rings. The van der Waals surface area contributed by atoms with Gasteiger partial charge in [0.15, 0.2) is 0 Å². The van der Waals surface area contributed by atoms with E-state index in [0.717, 1.165) is 35.8 Å². The van der Waals surface area contributed by atoms with E-state index in [0.29, 0.717) is 17.3 Å². The summed E-state index contributed by atoms with van der Waals surface area (Å²) in [6.07, 6.45) is 3.78. The number of nitrogens with zero attached hydrogens (tertiary/aromatic N) is 4. The molecule has 0 radical (unpaired) electrons. The summed E-state index contributed by atoms with van der Waals surface area (Å²) in [5.41, 5.74) is 0. The third kappa shape index (κ3) is 3.85. The molecule has 1 aliphatic heterocycles. The molecule has 0 atom stereocenters. The van der Waals surface area contributed by atoms with E-state index in [-0.39, 0.29) is 0 Å². The predicted octanol–water partition coefficient (Wildman–Crippen LogP) is 2.02. The van der Waals surface area contributed by atoms with Crippen LogP contribution in [0, 0.1) is 6.92 Å². The van der Waals surface area contributed by atoms with Gasteiger partial charge in [0.2, 0.25) is 0 Å². The van der Waals surface area contributed by atoms with E-state index < -0.39 is 10.0 Å². The number of aryl methyl sites for hydroxylation is 1. The lowest BCUT2D eigenvalue weighted by Gasteiger charge is -2.33. The Labute approximate surface area is 148 Å². The first-order valence-corrected chi connectivity index (χ1v) is 10.5. The van der Waals surface area contributed by atoms with Gasteiger partial charge in [0.05, 0.1) is 3.79 Å². The largest absolute Gasteiger partial charge is 0.334 e. The molecule has 0 N–H and O–H groups in total. The lowest BCUT2D eigenvalue weighted by atomic mass is 10.3. The Morgan fingerprint density at radius 3 is 2.52 bits per heavy atom. The molecule has 0 amide bonds. The quantitative estimate of drug-likeness (QED) is 0.744. The Morgan fingerprint density at radius 1 is 1.22 bits per heavy atom. The van der Waals surface area contributed by atoms with Crippen LogP contribution in [0.3, 0.4) is 0 Å². The van der Waals surface area contributed by atoms with Crippen LogP contribution in [0.2, 0.25) is 0 Å². The van der Waals surface area contributed by atoms with Gasteiger partial charge in [0.25, 0.3) is 10.0 Å². The maximum atomic E-state index is 12.6. The third-order valence-electron chi connectivity index (χ3n) is 4.05. The van der Waals surface area contributed by atoms with Crippen molar-refractivity contribution in [2.75, 3.05) is 32.7 Å². The second-order valence-electron chi connectivity index (χ2n) is 5.47. The Kier molecular flexibility index (Phi) is 5.22. The molecule has 3 rings (SSSR count). The van der Waals surface area contributed by atoms with Crippen molar-refractivity contribution >= 4 is 37.3 Å². The first kappa shape index (κ1) is 17.1. The number of imidazole rings is 1. The van der Waals surface area contributed by atoms with Crippen LogP contribution in [0.15, 0.2) is 32.5 Å². The van der Waals surface area contributed by atoms with Gasteiger partial charge < -0.3 is 4.57 Å². The summed E-state index contributed by atoms with van der Waals surface area (Å²) >= 11 is 4.59. The fourth-order valence-corrected chi connectivity index (χ4v) is 6.23. The molecule has 1 saturated heterocycles. The monoisotopic (exact) mass is 418 g/mol. The molecule has 6 nitrogen and oxygen atoms in total. The maximum Gasteiger partial charge on any atom is 0.252 e. The van der Waals surface area contributed by atoms with Gasteiger partial charge in [-0.25, -0.2) is 13.4 Å². The van der Waals surface area contributed by atoms with Crippen molar-refractivity contribution in [3.05, 3.63) is 34.1 Å². The van der Waals surface area contributed by atoms with Gasteiger partial charge in [-0.2, -0.15) is 4.31 Å². The van der Waals surface area contributed by atoms with E-state index in [1.54, 1.807) is 22.6 Å². The molecule has 0 spiro atoms. The van der Waals surface area contributed by atoms with Gasteiger partial charge in [-0.05, 0) is 35.0 Å². The van der Waals surface area contributed by atoms with E-state index in [1.165, 1.54) is 11.3 Å². The van der Waals surface area contributed by atoms with E-state index >= 15 is 0 Å². The normalized spacial score (nSPS) is 17.7. The van der Waals surface area contributed by atoms with E-state index in [4.69, 9.17) is 0 Å². The smallest absolute Gasteiger partial charge is 0.252 e. The van der Waals surface area contributed by atoms with E-state index in [2.05, 4.69) is 30.4 Å². The standard InChI is InChI=1S/C14H19BrN4O2S2/c1-12-16-4-5-18(12)9-6-17-7-10-19(11-8-17)23(20,21)14-3-2-13(15)22-14/h2-5H,6-11H2,1H3. The van der Waals surface area contributed by atoms with E-state index in [1.807, 2.05) is 13.1 Å². The fraction of sp³-hybridized carbons (Fsp3) is 0.500. The molecule has 126 valence electrons. The molecule has 0 saturated carbocycles. The molecule has 1 aliphatic rings. The second-order valence-corrected chi connectivity index (χ2v) is 10.1. The highest BCUT2D eigenvalue weighted by Gasteiger charge is 2.29. The van der Waals surface area contributed by atoms with Crippen LogP contribution in [0.4, 0.5) is 0 Å². The molecule has 0 aliphatic carbocycles. The number of aromatic nitrogens is 2. The van der Waals surface area contributed by atoms with Gasteiger partial charge in [-0.15, -0.1) is 11.3 Å². The summed E-state index contributed by atoms with van der Waals surface area (Å²) in [7, 11) is -3.35. The summed E-state index contributed by atoms with van der Waals surface area (Å²) in [6, 6.07) is 3.44. The lowest BCUT2D eigenvalue weighted by molar-refractivity contribution is 0.182. The molecule has 23 heavy (non-hydrogen) atoms. The average Bonchev–Trinajstić information content (AvgIpc) is 3.14. The molecule has 1 fully saturated rings. The van der Waals surface area contributed by atoms with Crippen molar-refractivity contribution < 1.29 is 8.42 Å². The van der Waals surface area contributed by atoms with Crippen LogP contribution in [0.1, 0.15) is 5.82 Å². The summed E-state index contributed by atoms with van der Waals surface area (Å²) in [4.78, 5) is 6.52. The summed E-state index contributed by atoms with van der Waals surface area (Å²) < 4.78 is 30.1. The third-order valence-corrected chi connectivity index (χ3v) is 8.04. The Balaban J connectivity index is 1.55. The Hall–Kier alpha value is -0.740. The summed E-state index contributed by atoms with van der Waals surface area (Å²) in [6.45, 7) is 6.40. The van der Waals surface area contributed by atoms with E-state index in [9.17, 15) is 8.42 Å². The van der Waals surface area contributed by atoms with Crippen molar-refractivity contribution in [3.8, 4) is 0 Å². The molecule has 3 heterocycles. The maximum absolute atomic E-state index is 12.6. The molecular formula is C14H19BrN4O2S2. The predicted molar refractivity (Wildman–Crippen MR) is 94.2 cm³/mol. The van der Waals surface area contributed by atoms with Gasteiger partial charge in [0, 0.05) is 51.7 Å². The van der Waals surface area contributed by atoms with Gasteiger partial charge >= 0.3 is 0 Å². The minimum atomic E-state index is -3.35. The number of rotatable bonds is 5. The van der Waals surface area contributed by atoms with Gasteiger partial charge in [-0.1, -0.05) is 0 Å². The summed E-state index contributed by atoms with van der Waals surface area (Å²) in [5, 5.41) is 0. The molecular weight excluding hydrogens is 400 g/mol. The van der Waals surface area contributed by atoms with Crippen molar-refractivity contribution in [3.63, 3.8) is 0 Å². The highest BCUT2D eigenvalue weighted by atomic mass is 79.9. The molecule has 9 heteroatoms. The van der Waals surface area contributed by atoms with Gasteiger partial charge in [0.1, 0.15) is 10.0 Å². The minimum Gasteiger partial charge on any atom is -0.334 e. The number of sulfonamides is 1. The highest BCUT2D eigenvalue weighted by Crippen LogP contribution is 2.28. The number of piperazine rings is 1. The SMILES string of the molecule is Cc1nccn1CCN1CCN(S(=O)(=O)c2ccc(Br)s2)CC1. The highest BCUT2D eigenvalue weighted by molar-refractivity contribution is 9.11. The second kappa shape index (κ2) is 7.02. The van der Waals surface area contributed by atoms with Crippen LogP contribution < -0.4 is 0 Å². The Bertz CT molecular complexity index is 763. The molecule has 2 aromatic heterocycles. The van der Waals surface area contributed by atoms with Crippen molar-refractivity contribution in [2.45, 2.75) is 17.7 Å². The van der Waals surface area contributed by atoms with Crippen molar-refractivity contribution in [1.82, 2.24) is 18.8 Å². The Morgan fingerprint density at radius 2 is 1.96 bits per heavy atom.